The highest BCUT2D eigenvalue weighted by atomic mass is 16.5. The number of rotatable bonds is 3. The summed E-state index contributed by atoms with van der Waals surface area (Å²) in [6.07, 6.45) is 0.771. The van der Waals surface area contributed by atoms with Crippen LogP contribution in [0.25, 0.3) is 11.3 Å². The zero-order valence-corrected chi connectivity index (χ0v) is 10.9. The quantitative estimate of drug-likeness (QED) is 0.900. The summed E-state index contributed by atoms with van der Waals surface area (Å²) in [6, 6.07) is 7.70. The Balaban J connectivity index is 2.51. The molecule has 0 aliphatic rings. The number of benzene rings is 1. The van der Waals surface area contributed by atoms with Gasteiger partial charge in [-0.05, 0) is 30.7 Å². The fourth-order valence-corrected chi connectivity index (χ4v) is 1.86. The third-order valence-corrected chi connectivity index (χ3v) is 2.82. The minimum atomic E-state index is 0.507. The molecule has 0 saturated carbocycles. The molecule has 1 aromatic heterocycles. The van der Waals surface area contributed by atoms with Gasteiger partial charge in [0.25, 0.3) is 0 Å². The summed E-state index contributed by atoms with van der Waals surface area (Å²) in [7, 11) is 1.66. The molecule has 2 aromatic rings. The zero-order chi connectivity index (χ0) is 13.1. The summed E-state index contributed by atoms with van der Waals surface area (Å²) in [4.78, 5) is 8.69. The predicted octanol–water partition coefficient (Wildman–Crippen LogP) is 2.61. The first-order valence-electron chi connectivity index (χ1n) is 5.92. The molecule has 2 rings (SSSR count). The zero-order valence-electron chi connectivity index (χ0n) is 10.9. The number of aromatic nitrogens is 2. The number of nitrogen functional groups attached to an aromatic ring is 1. The van der Waals surface area contributed by atoms with Gasteiger partial charge in [-0.15, -0.1) is 0 Å². The van der Waals surface area contributed by atoms with Gasteiger partial charge in [-0.25, -0.2) is 9.97 Å². The summed E-state index contributed by atoms with van der Waals surface area (Å²) in [5.41, 5.74) is 8.82. The van der Waals surface area contributed by atoms with Crippen molar-refractivity contribution in [2.45, 2.75) is 20.3 Å². The second kappa shape index (κ2) is 5.04. The molecule has 0 aliphatic carbocycles. The van der Waals surface area contributed by atoms with Gasteiger partial charge in [0, 0.05) is 18.1 Å². The summed E-state index contributed by atoms with van der Waals surface area (Å²) in [5, 5.41) is 0. The third-order valence-electron chi connectivity index (χ3n) is 2.82. The van der Waals surface area contributed by atoms with E-state index in [2.05, 4.69) is 9.97 Å². The van der Waals surface area contributed by atoms with E-state index in [1.807, 2.05) is 32.0 Å². The highest BCUT2D eigenvalue weighted by Crippen LogP contribution is 2.26. The number of nitrogens with two attached hydrogens (primary N) is 1. The van der Waals surface area contributed by atoms with Crippen molar-refractivity contribution >= 4 is 5.82 Å². The summed E-state index contributed by atoms with van der Waals surface area (Å²) < 4.78 is 5.20. The minimum Gasteiger partial charge on any atom is -0.497 e. The molecule has 0 amide bonds. The van der Waals surface area contributed by atoms with Crippen LogP contribution in [0.5, 0.6) is 5.75 Å². The molecule has 4 nitrogen and oxygen atoms in total. The second-order valence-corrected chi connectivity index (χ2v) is 4.13. The fraction of sp³-hybridized carbons (Fsp3) is 0.286. The average molecular weight is 243 g/mol. The highest BCUT2D eigenvalue weighted by molar-refractivity contribution is 5.66. The summed E-state index contributed by atoms with van der Waals surface area (Å²) >= 11 is 0. The van der Waals surface area contributed by atoms with Crippen molar-refractivity contribution in [3.05, 3.63) is 35.7 Å². The van der Waals surface area contributed by atoms with Crippen molar-refractivity contribution in [2.24, 2.45) is 0 Å². The molecule has 0 spiro atoms. The molecule has 0 saturated heterocycles. The smallest absolute Gasteiger partial charge is 0.131 e. The Kier molecular flexibility index (Phi) is 3.46. The van der Waals surface area contributed by atoms with Gasteiger partial charge >= 0.3 is 0 Å². The Hall–Kier alpha value is -2.10. The van der Waals surface area contributed by atoms with Gasteiger partial charge in [0.15, 0.2) is 0 Å². The normalized spacial score (nSPS) is 10.4. The first-order chi connectivity index (χ1) is 8.63. The Morgan fingerprint density at radius 1 is 1.22 bits per heavy atom. The first-order valence-corrected chi connectivity index (χ1v) is 5.92. The van der Waals surface area contributed by atoms with E-state index in [1.54, 1.807) is 13.2 Å². The molecule has 0 bridgehead atoms. The summed E-state index contributed by atoms with van der Waals surface area (Å²) in [5.74, 6) is 2.11. The molecule has 4 heteroatoms. The van der Waals surface area contributed by atoms with Crippen molar-refractivity contribution in [1.82, 2.24) is 9.97 Å². The first kappa shape index (κ1) is 12.4. The molecule has 1 aromatic carbocycles. The van der Waals surface area contributed by atoms with Crippen LogP contribution < -0.4 is 10.5 Å². The molecule has 18 heavy (non-hydrogen) atoms. The fourth-order valence-electron chi connectivity index (χ4n) is 1.86. The number of ether oxygens (including phenoxy) is 1. The van der Waals surface area contributed by atoms with Gasteiger partial charge in [-0.1, -0.05) is 6.92 Å². The van der Waals surface area contributed by atoms with Gasteiger partial charge in [-0.3, -0.25) is 0 Å². The highest BCUT2D eigenvalue weighted by Gasteiger charge is 2.07. The molecule has 0 fully saturated rings. The Morgan fingerprint density at radius 3 is 2.61 bits per heavy atom. The number of nitrogens with zero attached hydrogens (tertiary/aromatic N) is 2. The van der Waals surface area contributed by atoms with Crippen LogP contribution in [0.1, 0.15) is 18.3 Å². The lowest BCUT2D eigenvalue weighted by molar-refractivity contribution is 0.414. The van der Waals surface area contributed by atoms with E-state index < -0.39 is 0 Å². The van der Waals surface area contributed by atoms with E-state index in [9.17, 15) is 0 Å². The van der Waals surface area contributed by atoms with Crippen LogP contribution >= 0.6 is 0 Å². The maximum Gasteiger partial charge on any atom is 0.131 e. The monoisotopic (exact) mass is 243 g/mol. The summed E-state index contributed by atoms with van der Waals surface area (Å²) in [6.45, 7) is 4.04. The van der Waals surface area contributed by atoms with Gasteiger partial charge in [-0.2, -0.15) is 0 Å². The van der Waals surface area contributed by atoms with Crippen LogP contribution in [0.15, 0.2) is 24.3 Å². The second-order valence-electron chi connectivity index (χ2n) is 4.13. The van der Waals surface area contributed by atoms with E-state index in [1.165, 1.54) is 0 Å². The van der Waals surface area contributed by atoms with Gasteiger partial charge in [0.05, 0.1) is 12.8 Å². The number of hydrogen-bond donors (Lipinski definition) is 1. The van der Waals surface area contributed by atoms with Crippen LogP contribution in [0.4, 0.5) is 5.82 Å². The van der Waals surface area contributed by atoms with Crippen molar-refractivity contribution < 1.29 is 4.74 Å². The predicted molar refractivity (Wildman–Crippen MR) is 72.5 cm³/mol. The molecule has 0 radical (unpaired) electrons. The van der Waals surface area contributed by atoms with Crippen LogP contribution in [-0.2, 0) is 6.42 Å². The standard InChI is InChI=1S/C14H17N3O/c1-4-14-16-12(8-13(15)17-14)11-6-5-10(18-3)7-9(11)2/h5-8H,4H2,1-3H3,(H2,15,16,17). The van der Waals surface area contributed by atoms with Crippen LogP contribution in [-0.4, -0.2) is 17.1 Å². The number of anilines is 1. The number of methoxy groups -OCH3 is 1. The van der Waals surface area contributed by atoms with E-state index in [4.69, 9.17) is 10.5 Å². The van der Waals surface area contributed by atoms with E-state index in [0.717, 1.165) is 34.8 Å². The van der Waals surface area contributed by atoms with Gasteiger partial charge in [0.2, 0.25) is 0 Å². The Morgan fingerprint density at radius 2 is 2.00 bits per heavy atom. The molecule has 0 unspecified atom stereocenters. The van der Waals surface area contributed by atoms with Crippen LogP contribution in [0, 0.1) is 6.92 Å². The van der Waals surface area contributed by atoms with Crippen molar-refractivity contribution in [2.75, 3.05) is 12.8 Å². The Labute approximate surface area is 107 Å². The van der Waals surface area contributed by atoms with Crippen molar-refractivity contribution in [3.63, 3.8) is 0 Å². The number of hydrogen-bond acceptors (Lipinski definition) is 4. The van der Waals surface area contributed by atoms with Crippen LogP contribution in [0.3, 0.4) is 0 Å². The molecule has 94 valence electrons. The molecule has 1 heterocycles. The van der Waals surface area contributed by atoms with E-state index in [0.29, 0.717) is 5.82 Å². The van der Waals surface area contributed by atoms with Gasteiger partial charge < -0.3 is 10.5 Å². The molecular weight excluding hydrogens is 226 g/mol. The van der Waals surface area contributed by atoms with Crippen LogP contribution in [0.2, 0.25) is 0 Å². The van der Waals surface area contributed by atoms with E-state index >= 15 is 0 Å². The third kappa shape index (κ3) is 2.42. The lowest BCUT2D eigenvalue weighted by Gasteiger charge is -2.09. The van der Waals surface area contributed by atoms with E-state index in [-0.39, 0.29) is 0 Å². The minimum absolute atomic E-state index is 0.507. The van der Waals surface area contributed by atoms with Gasteiger partial charge in [0.1, 0.15) is 17.4 Å². The topological polar surface area (TPSA) is 61.0 Å². The SMILES string of the molecule is CCc1nc(N)cc(-c2ccc(OC)cc2C)n1. The number of aryl methyl sites for hydroxylation is 2. The molecule has 0 aliphatic heterocycles. The Bertz CT molecular complexity index is 567. The largest absolute Gasteiger partial charge is 0.497 e. The van der Waals surface area contributed by atoms with Crippen molar-refractivity contribution in [3.8, 4) is 17.0 Å². The maximum absolute atomic E-state index is 5.80. The lowest BCUT2D eigenvalue weighted by atomic mass is 10.0. The lowest BCUT2D eigenvalue weighted by Crippen LogP contribution is -2.00. The van der Waals surface area contributed by atoms with Crippen molar-refractivity contribution in [1.29, 1.82) is 0 Å². The average Bonchev–Trinajstić information content (AvgIpc) is 2.37. The molecular formula is C14H17N3O. The molecule has 0 atom stereocenters. The maximum atomic E-state index is 5.80. The molecule has 2 N–H and O–H groups in total.